The third kappa shape index (κ3) is 3.34. The molecule has 28 heavy (non-hydrogen) atoms. The van der Waals surface area contributed by atoms with Gasteiger partial charge in [0.15, 0.2) is 23.6 Å². The molecule has 6 nitrogen and oxygen atoms in total. The second kappa shape index (κ2) is 8.26. The van der Waals surface area contributed by atoms with E-state index in [1.54, 1.807) is 0 Å². The van der Waals surface area contributed by atoms with Crippen molar-refractivity contribution in [2.45, 2.75) is 50.9 Å². The zero-order valence-electron chi connectivity index (χ0n) is 16.4. The molecule has 2 aliphatic carbocycles. The number of benzene rings is 1. The fourth-order valence-corrected chi connectivity index (χ4v) is 5.27. The smallest absolute Gasteiger partial charge is 0.191 e. The first kappa shape index (κ1) is 20.1. The van der Waals surface area contributed by atoms with Crippen molar-refractivity contribution >= 4 is 29.9 Å². The Morgan fingerprint density at radius 2 is 2.07 bits per heavy atom. The van der Waals surface area contributed by atoms with Gasteiger partial charge in [0.05, 0.1) is 12.6 Å². The van der Waals surface area contributed by atoms with E-state index in [9.17, 15) is 0 Å². The third-order valence-corrected chi connectivity index (χ3v) is 6.69. The summed E-state index contributed by atoms with van der Waals surface area (Å²) in [6.45, 7) is 4.98. The molecule has 1 saturated heterocycles. The van der Waals surface area contributed by atoms with Gasteiger partial charge in [-0.1, -0.05) is 18.6 Å². The Bertz CT molecular complexity index is 725. The highest BCUT2D eigenvalue weighted by Gasteiger charge is 2.66. The van der Waals surface area contributed by atoms with E-state index in [1.807, 2.05) is 24.3 Å². The molecular formula is C21H30IN3O3. The summed E-state index contributed by atoms with van der Waals surface area (Å²) in [6.07, 6.45) is 5.46. The molecule has 0 radical (unpaired) electrons. The molecule has 154 valence electrons. The van der Waals surface area contributed by atoms with Crippen molar-refractivity contribution in [3.05, 3.63) is 24.3 Å². The fraction of sp³-hybridized carbons (Fsp3) is 0.667. The van der Waals surface area contributed by atoms with Gasteiger partial charge in [0.2, 0.25) is 0 Å². The zero-order valence-corrected chi connectivity index (χ0v) is 18.7. The largest absolute Gasteiger partial charge is 0.486 e. The maximum absolute atomic E-state index is 6.04. The topological polar surface area (TPSA) is 64.1 Å². The summed E-state index contributed by atoms with van der Waals surface area (Å²) < 4.78 is 17.9. The van der Waals surface area contributed by atoms with Gasteiger partial charge >= 0.3 is 0 Å². The molecule has 0 bridgehead atoms. The highest BCUT2D eigenvalue weighted by Crippen LogP contribution is 2.62. The lowest BCUT2D eigenvalue weighted by molar-refractivity contribution is -0.171. The highest BCUT2D eigenvalue weighted by atomic mass is 127. The number of nitrogens with one attached hydrogen (secondary N) is 2. The lowest BCUT2D eigenvalue weighted by atomic mass is 9.46. The summed E-state index contributed by atoms with van der Waals surface area (Å²) in [5, 5.41) is 7.15. The molecule has 2 aliphatic heterocycles. The van der Waals surface area contributed by atoms with Gasteiger partial charge < -0.3 is 24.8 Å². The molecule has 1 aromatic rings. The first-order valence-electron chi connectivity index (χ1n) is 10.3. The van der Waals surface area contributed by atoms with Crippen molar-refractivity contribution in [1.29, 1.82) is 0 Å². The Hall–Kier alpha value is -1.22. The number of nitrogens with zero attached hydrogens (tertiary/aromatic N) is 1. The van der Waals surface area contributed by atoms with E-state index in [4.69, 9.17) is 19.2 Å². The third-order valence-electron chi connectivity index (χ3n) is 6.69. The molecule has 7 heteroatoms. The molecular weight excluding hydrogens is 469 g/mol. The van der Waals surface area contributed by atoms with Crippen LogP contribution in [0.2, 0.25) is 0 Å². The number of ether oxygens (including phenoxy) is 3. The molecule has 3 fully saturated rings. The number of hydrogen-bond donors (Lipinski definition) is 2. The van der Waals surface area contributed by atoms with Gasteiger partial charge in [-0.15, -0.1) is 24.0 Å². The van der Waals surface area contributed by atoms with Crippen molar-refractivity contribution in [1.82, 2.24) is 10.6 Å². The van der Waals surface area contributed by atoms with Crippen LogP contribution in [0.5, 0.6) is 11.5 Å². The first-order chi connectivity index (χ1) is 13.3. The molecule has 1 aromatic carbocycles. The quantitative estimate of drug-likeness (QED) is 0.379. The Morgan fingerprint density at radius 1 is 1.25 bits per heavy atom. The van der Waals surface area contributed by atoms with Gasteiger partial charge in [-0.05, 0) is 38.3 Å². The molecule has 5 rings (SSSR count). The first-order valence-corrected chi connectivity index (χ1v) is 10.3. The molecule has 2 N–H and O–H groups in total. The average Bonchev–Trinajstić information content (AvgIpc) is 3.07. The van der Waals surface area contributed by atoms with Crippen LogP contribution in [0.4, 0.5) is 0 Å². The Labute approximate surface area is 183 Å². The van der Waals surface area contributed by atoms with Crippen LogP contribution >= 0.6 is 24.0 Å². The van der Waals surface area contributed by atoms with Crippen LogP contribution in [0, 0.1) is 11.3 Å². The van der Waals surface area contributed by atoms with E-state index >= 15 is 0 Å². The standard InChI is InChI=1S/C21H29N3O3.HI/c1-2-22-20(23-12-14-13-26-16-6-3-4-7-17(16)27-14)24-18-15-8-11-25-19(15)21(18)9-5-10-21;/h3-4,6-7,14-15,18-19H,2,5,8-13H2,1H3,(H2,22,23,24);1H. The number of rotatable bonds is 4. The molecule has 0 aromatic heterocycles. The minimum Gasteiger partial charge on any atom is -0.486 e. The van der Waals surface area contributed by atoms with Crippen molar-refractivity contribution in [2.75, 3.05) is 26.3 Å². The van der Waals surface area contributed by atoms with Gasteiger partial charge in [0.1, 0.15) is 6.61 Å². The van der Waals surface area contributed by atoms with Crippen LogP contribution in [-0.4, -0.2) is 50.5 Å². The molecule has 4 atom stereocenters. The molecule has 0 amide bonds. The molecule has 2 saturated carbocycles. The highest BCUT2D eigenvalue weighted by molar-refractivity contribution is 14.0. The predicted molar refractivity (Wildman–Crippen MR) is 119 cm³/mol. The molecule has 1 spiro atoms. The van der Waals surface area contributed by atoms with E-state index in [1.165, 1.54) is 25.7 Å². The lowest BCUT2D eigenvalue weighted by Gasteiger charge is -2.63. The van der Waals surface area contributed by atoms with Crippen LogP contribution in [0.25, 0.3) is 0 Å². The number of aliphatic imine (C=N–C) groups is 1. The summed E-state index contributed by atoms with van der Waals surface area (Å²) in [7, 11) is 0. The maximum Gasteiger partial charge on any atom is 0.191 e. The fourth-order valence-electron chi connectivity index (χ4n) is 5.27. The van der Waals surface area contributed by atoms with Crippen LogP contribution in [0.3, 0.4) is 0 Å². The van der Waals surface area contributed by atoms with E-state index in [2.05, 4.69) is 17.6 Å². The van der Waals surface area contributed by atoms with E-state index in [0.29, 0.717) is 36.6 Å². The Morgan fingerprint density at radius 3 is 2.82 bits per heavy atom. The second-order valence-corrected chi connectivity index (χ2v) is 8.17. The van der Waals surface area contributed by atoms with Crippen LogP contribution in [-0.2, 0) is 4.74 Å². The minimum atomic E-state index is -0.0584. The second-order valence-electron chi connectivity index (χ2n) is 8.17. The van der Waals surface area contributed by atoms with E-state index in [0.717, 1.165) is 30.6 Å². The van der Waals surface area contributed by atoms with Crippen molar-refractivity contribution in [2.24, 2.45) is 16.3 Å². The molecule has 4 unspecified atom stereocenters. The van der Waals surface area contributed by atoms with Gasteiger partial charge in [0.25, 0.3) is 0 Å². The minimum absolute atomic E-state index is 0. The number of hydrogen-bond acceptors (Lipinski definition) is 4. The summed E-state index contributed by atoms with van der Waals surface area (Å²) in [5.74, 6) is 3.15. The van der Waals surface area contributed by atoms with Crippen LogP contribution in [0.1, 0.15) is 32.6 Å². The van der Waals surface area contributed by atoms with Crippen molar-refractivity contribution < 1.29 is 14.2 Å². The van der Waals surface area contributed by atoms with Crippen molar-refractivity contribution in [3.63, 3.8) is 0 Å². The monoisotopic (exact) mass is 499 g/mol. The van der Waals surface area contributed by atoms with Gasteiger partial charge in [-0.2, -0.15) is 0 Å². The zero-order chi connectivity index (χ0) is 18.3. The number of fused-ring (bicyclic) bond motifs is 3. The van der Waals surface area contributed by atoms with E-state index in [-0.39, 0.29) is 30.1 Å². The number of para-hydroxylation sites is 2. The van der Waals surface area contributed by atoms with Gasteiger partial charge in [0, 0.05) is 30.5 Å². The van der Waals surface area contributed by atoms with Crippen LogP contribution in [0.15, 0.2) is 29.3 Å². The summed E-state index contributed by atoms with van der Waals surface area (Å²) >= 11 is 0. The normalized spacial score (nSPS) is 31.8. The summed E-state index contributed by atoms with van der Waals surface area (Å²) in [4.78, 5) is 4.82. The lowest BCUT2D eigenvalue weighted by Crippen LogP contribution is -2.72. The summed E-state index contributed by atoms with van der Waals surface area (Å²) in [5.41, 5.74) is 0.348. The van der Waals surface area contributed by atoms with Gasteiger partial charge in [-0.25, -0.2) is 4.99 Å². The molecule has 4 aliphatic rings. The van der Waals surface area contributed by atoms with Crippen molar-refractivity contribution in [3.8, 4) is 11.5 Å². The Kier molecular flexibility index (Phi) is 5.92. The predicted octanol–water partition coefficient (Wildman–Crippen LogP) is 2.96. The number of guanidine groups is 1. The Balaban J connectivity index is 0.00000192. The molecule has 2 heterocycles. The number of halogens is 1. The van der Waals surface area contributed by atoms with Gasteiger partial charge in [-0.3, -0.25) is 0 Å². The summed E-state index contributed by atoms with van der Waals surface area (Å²) in [6, 6.07) is 8.30. The SMILES string of the molecule is CCNC(=NCC1COc2ccccc2O1)NC1C2CCOC2C12CCC2.I. The van der Waals surface area contributed by atoms with E-state index < -0.39 is 0 Å². The average molecular weight is 499 g/mol. The van der Waals surface area contributed by atoms with Crippen LogP contribution < -0.4 is 20.1 Å². The maximum atomic E-state index is 6.04.